The number of β-amino-alcohol motifs (C(OH)–C–C–N with tert-alkyl or cyclic N) is 1. The highest BCUT2D eigenvalue weighted by Crippen LogP contribution is 2.32. The van der Waals surface area contributed by atoms with Crippen LogP contribution in [-0.2, 0) is 0 Å². The van der Waals surface area contributed by atoms with Gasteiger partial charge in [-0.1, -0.05) is 0 Å². The standard InChI is InChI=1S/C17H28N2O2/c1-5-21-17-12(2)10-15(13(3)14(17)4)16(20)11-19-8-6-18-7-9-19/h10,16,18,20H,5-9,11H2,1-4H3. The van der Waals surface area contributed by atoms with E-state index in [1.54, 1.807) is 0 Å². The van der Waals surface area contributed by atoms with Crippen LogP contribution >= 0.6 is 0 Å². The number of aliphatic hydroxyl groups excluding tert-OH is 1. The third kappa shape index (κ3) is 3.76. The fraction of sp³-hybridized carbons (Fsp3) is 0.647. The van der Waals surface area contributed by atoms with Crippen LogP contribution in [0.5, 0.6) is 5.75 Å². The lowest BCUT2D eigenvalue weighted by atomic mass is 9.95. The van der Waals surface area contributed by atoms with Gasteiger partial charge in [0.05, 0.1) is 12.7 Å². The highest BCUT2D eigenvalue weighted by atomic mass is 16.5. The molecule has 0 aliphatic carbocycles. The van der Waals surface area contributed by atoms with E-state index in [9.17, 15) is 5.11 Å². The van der Waals surface area contributed by atoms with E-state index in [2.05, 4.69) is 37.1 Å². The molecule has 1 heterocycles. The number of hydrogen-bond donors (Lipinski definition) is 2. The van der Waals surface area contributed by atoms with Crippen LogP contribution in [0.25, 0.3) is 0 Å². The zero-order valence-corrected chi connectivity index (χ0v) is 13.7. The molecule has 1 aliphatic heterocycles. The van der Waals surface area contributed by atoms with Crippen molar-refractivity contribution >= 4 is 0 Å². The van der Waals surface area contributed by atoms with Crippen molar-refractivity contribution in [3.8, 4) is 5.75 Å². The molecule has 1 atom stereocenters. The molecular weight excluding hydrogens is 264 g/mol. The molecule has 118 valence electrons. The second-order valence-electron chi connectivity index (χ2n) is 5.86. The first kappa shape index (κ1) is 16.3. The van der Waals surface area contributed by atoms with E-state index < -0.39 is 6.10 Å². The zero-order valence-electron chi connectivity index (χ0n) is 13.7. The first-order chi connectivity index (χ1) is 10.0. The lowest BCUT2D eigenvalue weighted by Gasteiger charge is -2.30. The van der Waals surface area contributed by atoms with E-state index in [1.807, 2.05) is 6.92 Å². The van der Waals surface area contributed by atoms with Gasteiger partial charge in [-0.05, 0) is 56.0 Å². The highest BCUT2D eigenvalue weighted by Gasteiger charge is 2.20. The summed E-state index contributed by atoms with van der Waals surface area (Å²) in [5.74, 6) is 0.966. The van der Waals surface area contributed by atoms with Crippen LogP contribution in [0.4, 0.5) is 0 Å². The van der Waals surface area contributed by atoms with E-state index in [1.165, 1.54) is 0 Å². The van der Waals surface area contributed by atoms with Gasteiger partial charge in [0.15, 0.2) is 0 Å². The van der Waals surface area contributed by atoms with E-state index in [0.717, 1.165) is 54.2 Å². The quantitative estimate of drug-likeness (QED) is 0.871. The highest BCUT2D eigenvalue weighted by molar-refractivity contribution is 5.49. The second-order valence-corrected chi connectivity index (χ2v) is 5.86. The number of nitrogens with zero attached hydrogens (tertiary/aromatic N) is 1. The number of ether oxygens (including phenoxy) is 1. The van der Waals surface area contributed by atoms with Crippen LogP contribution in [0, 0.1) is 20.8 Å². The lowest BCUT2D eigenvalue weighted by Crippen LogP contribution is -2.45. The Morgan fingerprint density at radius 2 is 1.90 bits per heavy atom. The van der Waals surface area contributed by atoms with E-state index in [-0.39, 0.29) is 0 Å². The van der Waals surface area contributed by atoms with Gasteiger partial charge in [0, 0.05) is 32.7 Å². The van der Waals surface area contributed by atoms with Gasteiger partial charge >= 0.3 is 0 Å². The smallest absolute Gasteiger partial charge is 0.125 e. The Kier molecular flexibility index (Phi) is 5.62. The van der Waals surface area contributed by atoms with Gasteiger partial charge in [0.1, 0.15) is 5.75 Å². The number of aliphatic hydroxyl groups is 1. The molecule has 2 N–H and O–H groups in total. The minimum Gasteiger partial charge on any atom is -0.493 e. The molecule has 1 fully saturated rings. The molecule has 0 saturated carbocycles. The van der Waals surface area contributed by atoms with Crippen molar-refractivity contribution in [3.63, 3.8) is 0 Å². The molecule has 21 heavy (non-hydrogen) atoms. The summed E-state index contributed by atoms with van der Waals surface area (Å²) in [6.07, 6.45) is -0.434. The molecule has 4 nitrogen and oxygen atoms in total. The SMILES string of the molecule is CCOc1c(C)cc(C(O)CN2CCNCC2)c(C)c1C. The summed E-state index contributed by atoms with van der Waals surface area (Å²) in [6, 6.07) is 2.08. The van der Waals surface area contributed by atoms with E-state index in [0.29, 0.717) is 13.2 Å². The Morgan fingerprint density at radius 3 is 2.52 bits per heavy atom. The zero-order chi connectivity index (χ0) is 15.4. The average Bonchev–Trinajstić information content (AvgIpc) is 2.48. The van der Waals surface area contributed by atoms with Crippen LogP contribution in [-0.4, -0.2) is 49.3 Å². The fourth-order valence-corrected chi connectivity index (χ4v) is 3.04. The summed E-state index contributed by atoms with van der Waals surface area (Å²) in [5.41, 5.74) is 4.43. The first-order valence-corrected chi connectivity index (χ1v) is 7.89. The Labute approximate surface area is 128 Å². The molecule has 1 aliphatic rings. The molecule has 0 bridgehead atoms. The molecule has 4 heteroatoms. The maximum atomic E-state index is 10.6. The number of hydrogen-bond acceptors (Lipinski definition) is 4. The van der Waals surface area contributed by atoms with E-state index >= 15 is 0 Å². The van der Waals surface area contributed by atoms with Crippen LogP contribution in [0.2, 0.25) is 0 Å². The monoisotopic (exact) mass is 292 g/mol. The summed E-state index contributed by atoms with van der Waals surface area (Å²) >= 11 is 0. The number of aryl methyl sites for hydroxylation is 1. The topological polar surface area (TPSA) is 44.7 Å². The molecule has 1 saturated heterocycles. The van der Waals surface area contributed by atoms with Gasteiger partial charge < -0.3 is 15.2 Å². The Hall–Kier alpha value is -1.10. The number of nitrogens with one attached hydrogen (secondary N) is 1. The van der Waals surface area contributed by atoms with Crippen LogP contribution in [0.15, 0.2) is 6.07 Å². The third-order valence-electron chi connectivity index (χ3n) is 4.35. The Bertz CT molecular complexity index is 482. The van der Waals surface area contributed by atoms with Gasteiger partial charge in [0.25, 0.3) is 0 Å². The summed E-state index contributed by atoms with van der Waals surface area (Å²) < 4.78 is 5.73. The molecule has 2 rings (SSSR count). The van der Waals surface area contributed by atoms with Crippen molar-refractivity contribution < 1.29 is 9.84 Å². The van der Waals surface area contributed by atoms with E-state index in [4.69, 9.17) is 4.74 Å². The van der Waals surface area contributed by atoms with Crippen LogP contribution in [0.3, 0.4) is 0 Å². The molecule has 0 amide bonds. The summed E-state index contributed by atoms with van der Waals surface area (Å²) in [7, 11) is 0. The summed E-state index contributed by atoms with van der Waals surface area (Å²) in [4.78, 5) is 2.32. The fourth-order valence-electron chi connectivity index (χ4n) is 3.04. The van der Waals surface area contributed by atoms with Crippen LogP contribution in [0.1, 0.15) is 35.3 Å². The minimum absolute atomic E-state index is 0.434. The van der Waals surface area contributed by atoms with Crippen molar-refractivity contribution in [1.29, 1.82) is 0 Å². The Balaban J connectivity index is 2.18. The number of piperazine rings is 1. The first-order valence-electron chi connectivity index (χ1n) is 7.89. The summed E-state index contributed by atoms with van der Waals surface area (Å²) in [6.45, 7) is 13.6. The molecule has 1 unspecified atom stereocenters. The van der Waals surface area contributed by atoms with Crippen molar-refractivity contribution in [1.82, 2.24) is 10.2 Å². The molecule has 1 aromatic carbocycles. The maximum Gasteiger partial charge on any atom is 0.125 e. The van der Waals surface area contributed by atoms with Crippen molar-refractivity contribution in [3.05, 3.63) is 28.3 Å². The lowest BCUT2D eigenvalue weighted by molar-refractivity contribution is 0.105. The Morgan fingerprint density at radius 1 is 1.24 bits per heavy atom. The second kappa shape index (κ2) is 7.25. The molecule has 0 radical (unpaired) electrons. The van der Waals surface area contributed by atoms with Gasteiger partial charge in [0.2, 0.25) is 0 Å². The number of rotatable bonds is 5. The van der Waals surface area contributed by atoms with Gasteiger partial charge in [-0.15, -0.1) is 0 Å². The van der Waals surface area contributed by atoms with Crippen molar-refractivity contribution in [2.75, 3.05) is 39.3 Å². The average molecular weight is 292 g/mol. The third-order valence-corrected chi connectivity index (χ3v) is 4.35. The maximum absolute atomic E-state index is 10.6. The van der Waals surface area contributed by atoms with Gasteiger partial charge in [-0.2, -0.15) is 0 Å². The van der Waals surface area contributed by atoms with Crippen molar-refractivity contribution in [2.45, 2.75) is 33.8 Å². The predicted molar refractivity (Wildman–Crippen MR) is 86.1 cm³/mol. The van der Waals surface area contributed by atoms with Crippen molar-refractivity contribution in [2.24, 2.45) is 0 Å². The largest absolute Gasteiger partial charge is 0.493 e. The summed E-state index contributed by atoms with van der Waals surface area (Å²) in [5, 5.41) is 14.0. The number of benzene rings is 1. The predicted octanol–water partition coefficient (Wildman–Crippen LogP) is 1.95. The van der Waals surface area contributed by atoms with Gasteiger partial charge in [-0.3, -0.25) is 4.90 Å². The molecular formula is C17H28N2O2. The molecule has 0 aromatic heterocycles. The molecule has 0 spiro atoms. The normalized spacial score (nSPS) is 17.8. The molecule has 1 aromatic rings. The van der Waals surface area contributed by atoms with Gasteiger partial charge in [-0.25, -0.2) is 0 Å². The minimum atomic E-state index is -0.434. The van der Waals surface area contributed by atoms with Crippen LogP contribution < -0.4 is 10.1 Å².